The van der Waals surface area contributed by atoms with Gasteiger partial charge in [0.2, 0.25) is 5.95 Å². The lowest BCUT2D eigenvalue weighted by Gasteiger charge is -2.06. The number of hydrogen-bond donors (Lipinski definition) is 1. The zero-order valence-electron chi connectivity index (χ0n) is 9.47. The van der Waals surface area contributed by atoms with Crippen LogP contribution < -0.4 is 5.73 Å². The Morgan fingerprint density at radius 2 is 1.78 bits per heavy atom. The zero-order chi connectivity index (χ0) is 12.5. The van der Waals surface area contributed by atoms with Crippen molar-refractivity contribution in [2.75, 3.05) is 5.73 Å². The minimum absolute atomic E-state index is 0.298. The van der Waals surface area contributed by atoms with E-state index in [1.807, 2.05) is 30.3 Å². The van der Waals surface area contributed by atoms with Crippen molar-refractivity contribution in [2.45, 2.75) is 0 Å². The molecule has 0 spiro atoms. The number of nitrogens with zero attached hydrogens (tertiary/aromatic N) is 2. The number of benzene rings is 2. The topological polar surface area (TPSA) is 51.8 Å². The van der Waals surface area contributed by atoms with Gasteiger partial charge in [-0.25, -0.2) is 9.97 Å². The van der Waals surface area contributed by atoms with E-state index in [9.17, 15) is 0 Å². The first-order valence-electron chi connectivity index (χ1n) is 5.51. The monoisotopic (exact) mass is 299 g/mol. The molecule has 3 nitrogen and oxygen atoms in total. The molecule has 0 aliphatic rings. The Hall–Kier alpha value is -1.94. The number of nitrogens with two attached hydrogens (primary N) is 1. The molecule has 0 saturated heterocycles. The van der Waals surface area contributed by atoms with Gasteiger partial charge in [-0.3, -0.25) is 0 Å². The van der Waals surface area contributed by atoms with Gasteiger partial charge in [0.05, 0.1) is 5.52 Å². The highest BCUT2D eigenvalue weighted by atomic mass is 79.9. The van der Waals surface area contributed by atoms with Gasteiger partial charge in [0.1, 0.15) is 0 Å². The van der Waals surface area contributed by atoms with Crippen LogP contribution in [-0.2, 0) is 0 Å². The first kappa shape index (κ1) is 11.2. The average molecular weight is 300 g/mol. The van der Waals surface area contributed by atoms with E-state index in [1.165, 1.54) is 0 Å². The first-order chi connectivity index (χ1) is 8.74. The van der Waals surface area contributed by atoms with Crippen LogP contribution in [0.15, 0.2) is 53.1 Å². The molecule has 88 valence electrons. The van der Waals surface area contributed by atoms with Crippen LogP contribution in [0.2, 0.25) is 0 Å². The molecule has 0 fully saturated rings. The zero-order valence-corrected chi connectivity index (χ0v) is 11.1. The molecular weight excluding hydrogens is 290 g/mol. The fraction of sp³-hybridized carbons (Fsp3) is 0. The standard InChI is InChI=1S/C14H10BrN3/c15-11-6-4-9(5-7-11)12-3-1-2-10-8-17-14(16)18-13(10)12/h1-8H,(H2,16,17,18). The summed E-state index contributed by atoms with van der Waals surface area (Å²) < 4.78 is 1.06. The maximum atomic E-state index is 5.67. The number of anilines is 1. The molecule has 0 atom stereocenters. The Balaban J connectivity index is 2.28. The third-order valence-electron chi connectivity index (χ3n) is 2.78. The van der Waals surface area contributed by atoms with Gasteiger partial charge < -0.3 is 5.73 Å². The van der Waals surface area contributed by atoms with Crippen LogP contribution in [0.25, 0.3) is 22.0 Å². The quantitative estimate of drug-likeness (QED) is 0.746. The minimum Gasteiger partial charge on any atom is -0.368 e. The van der Waals surface area contributed by atoms with Crippen molar-refractivity contribution in [3.63, 3.8) is 0 Å². The second kappa shape index (κ2) is 4.38. The van der Waals surface area contributed by atoms with Crippen LogP contribution in [0, 0.1) is 0 Å². The molecule has 0 aliphatic carbocycles. The summed E-state index contributed by atoms with van der Waals surface area (Å²) in [5, 5.41) is 0.990. The Morgan fingerprint density at radius 3 is 2.56 bits per heavy atom. The highest BCUT2D eigenvalue weighted by Gasteiger charge is 2.05. The number of fused-ring (bicyclic) bond motifs is 1. The van der Waals surface area contributed by atoms with Gasteiger partial charge in [0.15, 0.2) is 0 Å². The number of halogens is 1. The lowest BCUT2D eigenvalue weighted by Crippen LogP contribution is -1.95. The molecule has 2 aromatic carbocycles. The molecule has 0 aliphatic heterocycles. The molecule has 0 bridgehead atoms. The van der Waals surface area contributed by atoms with Crippen LogP contribution in [0.4, 0.5) is 5.95 Å². The predicted octanol–water partition coefficient (Wildman–Crippen LogP) is 3.64. The molecule has 4 heteroatoms. The van der Waals surface area contributed by atoms with Gasteiger partial charge in [-0.15, -0.1) is 0 Å². The fourth-order valence-corrected chi connectivity index (χ4v) is 2.20. The largest absolute Gasteiger partial charge is 0.368 e. The van der Waals surface area contributed by atoms with Crippen molar-refractivity contribution in [3.8, 4) is 11.1 Å². The molecule has 0 radical (unpaired) electrons. The van der Waals surface area contributed by atoms with Crippen molar-refractivity contribution in [2.24, 2.45) is 0 Å². The summed E-state index contributed by atoms with van der Waals surface area (Å²) in [6, 6.07) is 14.2. The third-order valence-corrected chi connectivity index (χ3v) is 3.31. The number of nitrogen functional groups attached to an aromatic ring is 1. The molecule has 3 rings (SSSR count). The normalized spacial score (nSPS) is 10.7. The van der Waals surface area contributed by atoms with Crippen molar-refractivity contribution in [1.29, 1.82) is 0 Å². The van der Waals surface area contributed by atoms with Crippen molar-refractivity contribution >= 4 is 32.8 Å². The number of aromatic nitrogens is 2. The fourth-order valence-electron chi connectivity index (χ4n) is 1.93. The van der Waals surface area contributed by atoms with Crippen LogP contribution >= 0.6 is 15.9 Å². The van der Waals surface area contributed by atoms with E-state index in [-0.39, 0.29) is 0 Å². The van der Waals surface area contributed by atoms with Crippen molar-refractivity contribution in [3.05, 3.63) is 53.1 Å². The summed E-state index contributed by atoms with van der Waals surface area (Å²) in [6.45, 7) is 0. The van der Waals surface area contributed by atoms with Crippen LogP contribution in [0.1, 0.15) is 0 Å². The third kappa shape index (κ3) is 1.95. The Kier molecular flexibility index (Phi) is 2.72. The second-order valence-corrected chi connectivity index (χ2v) is 4.89. The maximum absolute atomic E-state index is 5.67. The molecule has 1 heterocycles. The van der Waals surface area contributed by atoms with Crippen LogP contribution in [0.5, 0.6) is 0 Å². The summed E-state index contributed by atoms with van der Waals surface area (Å²) >= 11 is 3.43. The molecule has 1 aromatic heterocycles. The molecule has 3 aromatic rings. The predicted molar refractivity (Wildman–Crippen MR) is 77.1 cm³/mol. The van der Waals surface area contributed by atoms with Gasteiger partial charge in [0, 0.05) is 21.6 Å². The summed E-state index contributed by atoms with van der Waals surface area (Å²) in [4.78, 5) is 8.34. The van der Waals surface area contributed by atoms with Gasteiger partial charge in [0.25, 0.3) is 0 Å². The Bertz CT molecular complexity index is 708. The number of hydrogen-bond acceptors (Lipinski definition) is 3. The van der Waals surface area contributed by atoms with Gasteiger partial charge in [-0.1, -0.05) is 46.3 Å². The van der Waals surface area contributed by atoms with E-state index in [0.29, 0.717) is 5.95 Å². The SMILES string of the molecule is Nc1ncc2cccc(-c3ccc(Br)cc3)c2n1. The van der Waals surface area contributed by atoms with E-state index in [0.717, 1.165) is 26.5 Å². The lowest BCUT2D eigenvalue weighted by molar-refractivity contribution is 1.24. The first-order valence-corrected chi connectivity index (χ1v) is 6.30. The highest BCUT2D eigenvalue weighted by molar-refractivity contribution is 9.10. The molecule has 18 heavy (non-hydrogen) atoms. The summed E-state index contributed by atoms with van der Waals surface area (Å²) in [7, 11) is 0. The molecule has 0 saturated carbocycles. The lowest BCUT2D eigenvalue weighted by atomic mass is 10.0. The van der Waals surface area contributed by atoms with E-state index in [4.69, 9.17) is 5.73 Å². The average Bonchev–Trinajstić information content (AvgIpc) is 2.39. The van der Waals surface area contributed by atoms with Crippen LogP contribution in [-0.4, -0.2) is 9.97 Å². The summed E-state index contributed by atoms with van der Waals surface area (Å²) in [5.74, 6) is 0.298. The van der Waals surface area contributed by atoms with E-state index >= 15 is 0 Å². The minimum atomic E-state index is 0.298. The Labute approximate surface area is 113 Å². The van der Waals surface area contributed by atoms with E-state index in [2.05, 4.69) is 38.0 Å². The van der Waals surface area contributed by atoms with Crippen molar-refractivity contribution in [1.82, 2.24) is 9.97 Å². The van der Waals surface area contributed by atoms with Gasteiger partial charge in [-0.2, -0.15) is 0 Å². The second-order valence-electron chi connectivity index (χ2n) is 3.98. The molecule has 2 N–H and O–H groups in total. The van der Waals surface area contributed by atoms with Crippen LogP contribution in [0.3, 0.4) is 0 Å². The van der Waals surface area contributed by atoms with Crippen molar-refractivity contribution < 1.29 is 0 Å². The number of rotatable bonds is 1. The Morgan fingerprint density at radius 1 is 1.00 bits per heavy atom. The smallest absolute Gasteiger partial charge is 0.220 e. The van der Waals surface area contributed by atoms with Gasteiger partial charge in [-0.05, 0) is 17.7 Å². The molecular formula is C14H10BrN3. The summed E-state index contributed by atoms with van der Waals surface area (Å²) in [6.07, 6.45) is 1.75. The highest BCUT2D eigenvalue weighted by Crippen LogP contribution is 2.28. The van der Waals surface area contributed by atoms with E-state index < -0.39 is 0 Å². The summed E-state index contributed by atoms with van der Waals surface area (Å²) in [5.41, 5.74) is 8.72. The molecule has 0 unspecified atom stereocenters. The van der Waals surface area contributed by atoms with Gasteiger partial charge >= 0.3 is 0 Å². The maximum Gasteiger partial charge on any atom is 0.220 e. The number of para-hydroxylation sites is 1. The molecule has 0 amide bonds. The van der Waals surface area contributed by atoms with E-state index in [1.54, 1.807) is 6.20 Å².